The summed E-state index contributed by atoms with van der Waals surface area (Å²) < 4.78 is 72.3. The minimum atomic E-state index is -4.59. The van der Waals surface area contributed by atoms with Gasteiger partial charge in [0.05, 0.1) is 16.8 Å². The van der Waals surface area contributed by atoms with Crippen molar-refractivity contribution in [2.45, 2.75) is 55.9 Å². The first kappa shape index (κ1) is 25.3. The van der Waals surface area contributed by atoms with Crippen molar-refractivity contribution in [1.82, 2.24) is 9.88 Å². The maximum absolute atomic E-state index is 12.7. The van der Waals surface area contributed by atoms with Crippen LogP contribution >= 0.6 is 0 Å². The van der Waals surface area contributed by atoms with Crippen LogP contribution in [0.2, 0.25) is 0 Å². The zero-order chi connectivity index (χ0) is 25.6. The summed E-state index contributed by atoms with van der Waals surface area (Å²) >= 11 is 0. The molecule has 4 rings (SSSR count). The number of hydrogen-bond donors (Lipinski definition) is 0. The lowest BCUT2D eigenvalue weighted by Gasteiger charge is -2.39. The van der Waals surface area contributed by atoms with Crippen LogP contribution in [0.25, 0.3) is 11.3 Å². The van der Waals surface area contributed by atoms with E-state index in [1.165, 1.54) is 4.90 Å². The van der Waals surface area contributed by atoms with Crippen LogP contribution in [0.4, 0.5) is 18.0 Å². The Kier molecular flexibility index (Phi) is 6.50. The first-order valence-electron chi connectivity index (χ1n) is 11.3. The molecule has 0 aliphatic carbocycles. The van der Waals surface area contributed by atoms with Gasteiger partial charge in [0, 0.05) is 42.8 Å². The molecule has 1 aromatic heterocycles. The molecule has 1 aromatic carbocycles. The number of carbonyl (C=O) groups excluding carboxylic acids is 1. The van der Waals surface area contributed by atoms with E-state index in [4.69, 9.17) is 4.74 Å². The van der Waals surface area contributed by atoms with Gasteiger partial charge in [0.15, 0.2) is 15.9 Å². The van der Waals surface area contributed by atoms with Gasteiger partial charge in [-0.3, -0.25) is 4.98 Å². The number of aromatic nitrogens is 1. The van der Waals surface area contributed by atoms with Crippen molar-refractivity contribution in [3.05, 3.63) is 42.1 Å². The Morgan fingerprint density at radius 3 is 2.43 bits per heavy atom. The first-order chi connectivity index (χ1) is 16.3. The molecule has 2 aliphatic rings. The summed E-state index contributed by atoms with van der Waals surface area (Å²) in [5, 5.41) is 0. The number of fused-ring (bicyclic) bond motifs is 1. The standard InChI is InChI=1S/C24H27F3N2O5S/c1-15(24(25,26)27)33-22(30)29-10-8-18(9-11-29)23(2)13-17-12-20(28-14-21(17)34-23)16-4-6-19(7-5-16)35(3,31)32/h4-7,12,14-15,18H,8-11,13H2,1-3H3/t15-,23-/m1/s1. The maximum atomic E-state index is 12.7. The van der Waals surface area contributed by atoms with Gasteiger partial charge in [0.25, 0.3) is 0 Å². The molecule has 0 N–H and O–H groups in total. The number of benzene rings is 1. The summed E-state index contributed by atoms with van der Waals surface area (Å²) in [5.41, 5.74) is 1.94. The molecule has 1 amide bonds. The lowest BCUT2D eigenvalue weighted by atomic mass is 9.79. The van der Waals surface area contributed by atoms with E-state index in [9.17, 15) is 26.4 Å². The highest BCUT2D eigenvalue weighted by molar-refractivity contribution is 7.90. The quantitative estimate of drug-likeness (QED) is 0.593. The molecule has 0 bridgehead atoms. The molecule has 0 radical (unpaired) electrons. The number of pyridine rings is 1. The van der Waals surface area contributed by atoms with Crippen LogP contribution in [0.3, 0.4) is 0 Å². The monoisotopic (exact) mass is 512 g/mol. The molecule has 2 aliphatic heterocycles. The average molecular weight is 513 g/mol. The Labute approximate surface area is 202 Å². The topological polar surface area (TPSA) is 85.8 Å². The molecule has 3 heterocycles. The van der Waals surface area contributed by atoms with Crippen LogP contribution in [0.15, 0.2) is 41.4 Å². The molecule has 0 spiro atoms. The van der Waals surface area contributed by atoms with Crippen molar-refractivity contribution in [3.63, 3.8) is 0 Å². The van der Waals surface area contributed by atoms with Gasteiger partial charge >= 0.3 is 12.3 Å². The summed E-state index contributed by atoms with van der Waals surface area (Å²) in [6.07, 6.45) is -3.10. The highest BCUT2D eigenvalue weighted by Gasteiger charge is 2.45. The Morgan fingerprint density at radius 2 is 1.86 bits per heavy atom. The summed E-state index contributed by atoms with van der Waals surface area (Å²) in [5.74, 6) is 0.765. The lowest BCUT2D eigenvalue weighted by molar-refractivity contribution is -0.200. The first-order valence-corrected chi connectivity index (χ1v) is 13.2. The molecule has 190 valence electrons. The third-order valence-corrected chi connectivity index (χ3v) is 7.89. The van der Waals surface area contributed by atoms with Gasteiger partial charge in [-0.25, -0.2) is 13.2 Å². The van der Waals surface area contributed by atoms with Gasteiger partial charge in [-0.05, 0) is 44.9 Å². The average Bonchev–Trinajstić information content (AvgIpc) is 3.14. The smallest absolute Gasteiger partial charge is 0.425 e. The number of sulfone groups is 1. The van der Waals surface area contributed by atoms with Crippen LogP contribution in [0.1, 0.15) is 32.3 Å². The second-order valence-electron chi connectivity index (χ2n) is 9.39. The molecule has 0 saturated carbocycles. The van der Waals surface area contributed by atoms with Crippen LogP contribution < -0.4 is 4.74 Å². The molecular weight excluding hydrogens is 485 g/mol. The van der Waals surface area contributed by atoms with Crippen molar-refractivity contribution in [1.29, 1.82) is 0 Å². The van der Waals surface area contributed by atoms with Crippen molar-refractivity contribution < 1.29 is 35.9 Å². The van der Waals surface area contributed by atoms with E-state index in [0.717, 1.165) is 24.3 Å². The van der Waals surface area contributed by atoms with E-state index in [-0.39, 0.29) is 10.8 Å². The van der Waals surface area contributed by atoms with E-state index < -0.39 is 33.8 Å². The molecule has 1 fully saturated rings. The Balaban J connectivity index is 1.40. The van der Waals surface area contributed by atoms with Crippen LogP contribution in [0, 0.1) is 5.92 Å². The molecule has 1 saturated heterocycles. The molecule has 7 nitrogen and oxygen atoms in total. The summed E-state index contributed by atoms with van der Waals surface area (Å²) in [6.45, 7) is 3.40. The third-order valence-electron chi connectivity index (χ3n) is 6.77. The molecule has 2 atom stereocenters. The van der Waals surface area contributed by atoms with Crippen molar-refractivity contribution >= 4 is 15.9 Å². The van der Waals surface area contributed by atoms with E-state index >= 15 is 0 Å². The number of halogens is 3. The van der Waals surface area contributed by atoms with E-state index in [0.29, 0.717) is 43.8 Å². The van der Waals surface area contributed by atoms with Crippen LogP contribution in [0.5, 0.6) is 5.75 Å². The van der Waals surface area contributed by atoms with Gasteiger partial charge in [-0.1, -0.05) is 12.1 Å². The zero-order valence-corrected chi connectivity index (χ0v) is 20.4. The number of amides is 1. The lowest BCUT2D eigenvalue weighted by Crippen LogP contribution is -2.48. The number of hydrogen-bond acceptors (Lipinski definition) is 6. The summed E-state index contributed by atoms with van der Waals surface area (Å²) in [4.78, 5) is 18.1. The van der Waals surface area contributed by atoms with Gasteiger partial charge in [-0.2, -0.15) is 13.2 Å². The maximum Gasteiger partial charge on any atom is 0.425 e. The second kappa shape index (κ2) is 9.00. The number of alkyl halides is 3. The SMILES string of the molecule is C[C@@H](OC(=O)N1CCC([C@@]2(C)Cc3cc(-c4ccc(S(C)(=O)=O)cc4)ncc3O2)CC1)C(F)(F)F. The van der Waals surface area contributed by atoms with Crippen molar-refractivity contribution in [3.8, 4) is 17.0 Å². The molecule has 0 unspecified atom stereocenters. The zero-order valence-electron chi connectivity index (χ0n) is 19.6. The number of piperidine rings is 1. The highest BCUT2D eigenvalue weighted by atomic mass is 32.2. The molecule has 35 heavy (non-hydrogen) atoms. The second-order valence-corrected chi connectivity index (χ2v) is 11.4. The molecule has 11 heteroatoms. The van der Waals surface area contributed by atoms with E-state index in [1.807, 2.05) is 13.0 Å². The van der Waals surface area contributed by atoms with Gasteiger partial charge in [0.2, 0.25) is 0 Å². The Hall–Kier alpha value is -2.82. The number of ether oxygens (including phenoxy) is 2. The Bertz CT molecular complexity index is 1210. The van der Waals surface area contributed by atoms with Crippen molar-refractivity contribution in [2.75, 3.05) is 19.3 Å². The number of nitrogens with zero attached hydrogens (tertiary/aromatic N) is 2. The van der Waals surface area contributed by atoms with Gasteiger partial charge in [0.1, 0.15) is 11.4 Å². The molecular formula is C24H27F3N2O5S. The van der Waals surface area contributed by atoms with E-state index in [2.05, 4.69) is 9.72 Å². The predicted molar refractivity (Wildman–Crippen MR) is 122 cm³/mol. The highest BCUT2D eigenvalue weighted by Crippen LogP contribution is 2.43. The van der Waals surface area contributed by atoms with E-state index in [1.54, 1.807) is 30.5 Å². The number of rotatable bonds is 4. The fraction of sp³-hybridized carbons (Fsp3) is 0.500. The number of likely N-dealkylation sites (tertiary alicyclic amines) is 1. The molecule has 2 aromatic rings. The Morgan fingerprint density at radius 1 is 1.23 bits per heavy atom. The normalized spacial score (nSPS) is 21.8. The minimum absolute atomic E-state index is 0.0940. The predicted octanol–water partition coefficient (Wildman–Crippen LogP) is 4.65. The van der Waals surface area contributed by atoms with Crippen LogP contribution in [-0.4, -0.2) is 61.6 Å². The minimum Gasteiger partial charge on any atom is -0.485 e. The summed E-state index contributed by atoms with van der Waals surface area (Å²) in [7, 11) is -3.28. The van der Waals surface area contributed by atoms with Gasteiger partial charge in [-0.15, -0.1) is 0 Å². The largest absolute Gasteiger partial charge is 0.485 e. The van der Waals surface area contributed by atoms with Crippen molar-refractivity contribution in [2.24, 2.45) is 5.92 Å². The summed E-state index contributed by atoms with van der Waals surface area (Å²) in [6, 6.07) is 8.47. The van der Waals surface area contributed by atoms with Gasteiger partial charge < -0.3 is 14.4 Å². The number of carbonyl (C=O) groups is 1. The fourth-order valence-corrected chi connectivity index (χ4v) is 5.23. The van der Waals surface area contributed by atoms with Crippen LogP contribution in [-0.2, 0) is 21.0 Å². The fourth-order valence-electron chi connectivity index (χ4n) is 4.60. The third kappa shape index (κ3) is 5.39.